The van der Waals surface area contributed by atoms with Crippen LogP contribution in [0.5, 0.6) is 0 Å². The van der Waals surface area contributed by atoms with Crippen LogP contribution in [-0.4, -0.2) is 15.0 Å². The molecule has 2 N–H and O–H groups in total. The summed E-state index contributed by atoms with van der Waals surface area (Å²) >= 11 is 4.76. The molecule has 0 aliphatic heterocycles. The van der Waals surface area contributed by atoms with Crippen molar-refractivity contribution in [1.29, 1.82) is 0 Å². The number of nitrogens with two attached hydrogens (primary N) is 1. The molecule has 7 heteroatoms. The lowest BCUT2D eigenvalue weighted by Crippen LogP contribution is -2.32. The number of para-hydroxylation sites is 2. The van der Waals surface area contributed by atoms with E-state index in [2.05, 4.69) is 15.9 Å². The molecule has 1 aromatic carbocycles. The van der Waals surface area contributed by atoms with Gasteiger partial charge in [0.05, 0.1) is 15.2 Å². The summed E-state index contributed by atoms with van der Waals surface area (Å²) in [5, 5.41) is 0. The highest BCUT2D eigenvalue weighted by Gasteiger charge is 2.28. The predicted octanol–water partition coefficient (Wildman–Crippen LogP) is 4.01. The van der Waals surface area contributed by atoms with Crippen LogP contribution in [0.3, 0.4) is 0 Å². The van der Waals surface area contributed by atoms with Crippen molar-refractivity contribution in [3.8, 4) is 0 Å². The van der Waals surface area contributed by atoms with E-state index >= 15 is 0 Å². The van der Waals surface area contributed by atoms with Crippen molar-refractivity contribution >= 4 is 48.7 Å². The first-order valence-corrected chi connectivity index (χ1v) is 9.56. The van der Waals surface area contributed by atoms with Gasteiger partial charge in [0.25, 0.3) is 10.0 Å². The van der Waals surface area contributed by atoms with Gasteiger partial charge in [0.1, 0.15) is 4.90 Å². The van der Waals surface area contributed by atoms with E-state index in [-0.39, 0.29) is 0 Å². The fourth-order valence-electron chi connectivity index (χ4n) is 2.09. The van der Waals surface area contributed by atoms with Crippen LogP contribution in [0.25, 0.3) is 0 Å². The first-order chi connectivity index (χ1) is 9.87. The largest absolute Gasteiger partial charge is 0.397 e. The molecule has 0 bridgehead atoms. The van der Waals surface area contributed by atoms with Gasteiger partial charge in [0.15, 0.2) is 0 Å². The molecule has 0 atom stereocenters. The lowest BCUT2D eigenvalue weighted by Gasteiger charge is -2.25. The standard InChI is InChI=1S/C14H17BrN2O2S2/c1-3-8-17(12-7-5-4-6-11(12)16)21(18,19)13-9-14(15)20-10(13)2/h4-7,9H,3,8,16H2,1-2H3. The quantitative estimate of drug-likeness (QED) is 0.786. The monoisotopic (exact) mass is 388 g/mol. The van der Waals surface area contributed by atoms with Gasteiger partial charge < -0.3 is 5.73 Å². The molecule has 0 fully saturated rings. The molecule has 2 aromatic rings. The number of sulfonamides is 1. The number of nitrogens with zero attached hydrogens (tertiary/aromatic N) is 1. The third-order valence-corrected chi connectivity index (χ3v) is 6.66. The van der Waals surface area contributed by atoms with Crippen molar-refractivity contribution < 1.29 is 8.42 Å². The number of thiophene rings is 1. The Morgan fingerprint density at radius 3 is 2.52 bits per heavy atom. The Hall–Kier alpha value is -1.05. The zero-order chi connectivity index (χ0) is 15.6. The molecule has 1 aromatic heterocycles. The number of hydrogen-bond acceptors (Lipinski definition) is 4. The number of aryl methyl sites for hydroxylation is 1. The Morgan fingerprint density at radius 1 is 1.33 bits per heavy atom. The maximum absolute atomic E-state index is 13.0. The average Bonchev–Trinajstić information content (AvgIpc) is 2.77. The molecule has 114 valence electrons. The molecule has 21 heavy (non-hydrogen) atoms. The molecule has 2 rings (SSSR count). The number of halogens is 1. The highest BCUT2D eigenvalue weighted by atomic mass is 79.9. The third kappa shape index (κ3) is 3.25. The highest BCUT2D eigenvalue weighted by molar-refractivity contribution is 9.11. The molecular weight excluding hydrogens is 372 g/mol. The third-order valence-electron chi connectivity index (χ3n) is 3.04. The second-order valence-electron chi connectivity index (χ2n) is 4.61. The van der Waals surface area contributed by atoms with Crippen LogP contribution >= 0.6 is 27.3 Å². The maximum atomic E-state index is 13.0. The number of hydrogen-bond donors (Lipinski definition) is 1. The number of rotatable bonds is 5. The van der Waals surface area contributed by atoms with Crippen LogP contribution < -0.4 is 10.0 Å². The van der Waals surface area contributed by atoms with Crippen LogP contribution in [0.2, 0.25) is 0 Å². The van der Waals surface area contributed by atoms with Crippen molar-refractivity contribution in [3.63, 3.8) is 0 Å². The average molecular weight is 389 g/mol. The lowest BCUT2D eigenvalue weighted by molar-refractivity contribution is 0.590. The molecule has 0 unspecified atom stereocenters. The van der Waals surface area contributed by atoms with Crippen LogP contribution in [-0.2, 0) is 10.0 Å². The van der Waals surface area contributed by atoms with Crippen molar-refractivity contribution in [2.45, 2.75) is 25.2 Å². The summed E-state index contributed by atoms with van der Waals surface area (Å²) in [6, 6.07) is 8.68. The minimum atomic E-state index is -3.61. The molecular formula is C14H17BrN2O2S2. The lowest BCUT2D eigenvalue weighted by atomic mass is 10.2. The van der Waals surface area contributed by atoms with E-state index in [1.807, 2.05) is 6.92 Å². The number of benzene rings is 1. The summed E-state index contributed by atoms with van der Waals surface area (Å²) < 4.78 is 28.1. The van der Waals surface area contributed by atoms with Gasteiger partial charge in [-0.1, -0.05) is 19.1 Å². The topological polar surface area (TPSA) is 63.4 Å². The first-order valence-electron chi connectivity index (χ1n) is 6.51. The van der Waals surface area contributed by atoms with Gasteiger partial charge in [-0.25, -0.2) is 8.42 Å². The second kappa shape index (κ2) is 6.37. The fraction of sp³-hybridized carbons (Fsp3) is 0.286. The van der Waals surface area contributed by atoms with Gasteiger partial charge in [-0.05, 0) is 47.5 Å². The van der Waals surface area contributed by atoms with Gasteiger partial charge in [0.2, 0.25) is 0 Å². The summed E-state index contributed by atoms with van der Waals surface area (Å²) in [5.74, 6) is 0. The first kappa shape index (κ1) is 16.3. The van der Waals surface area contributed by atoms with Gasteiger partial charge >= 0.3 is 0 Å². The summed E-state index contributed by atoms with van der Waals surface area (Å²) in [6.07, 6.45) is 0.706. The molecule has 4 nitrogen and oxygen atoms in total. The molecule has 1 heterocycles. The Morgan fingerprint density at radius 2 is 2.00 bits per heavy atom. The van der Waals surface area contributed by atoms with Gasteiger partial charge in [-0.3, -0.25) is 4.31 Å². The van der Waals surface area contributed by atoms with Crippen molar-refractivity contribution in [1.82, 2.24) is 0 Å². The van der Waals surface area contributed by atoms with Crippen molar-refractivity contribution in [2.24, 2.45) is 0 Å². The van der Waals surface area contributed by atoms with Crippen molar-refractivity contribution in [2.75, 3.05) is 16.6 Å². The zero-order valence-corrected chi connectivity index (χ0v) is 15.1. The molecule has 0 saturated carbocycles. The van der Waals surface area contributed by atoms with Crippen LogP contribution in [0.4, 0.5) is 11.4 Å². The van der Waals surface area contributed by atoms with E-state index in [4.69, 9.17) is 5.73 Å². The second-order valence-corrected chi connectivity index (χ2v) is 9.07. The van der Waals surface area contributed by atoms with Gasteiger partial charge in [-0.2, -0.15) is 0 Å². The maximum Gasteiger partial charge on any atom is 0.265 e. The van der Waals surface area contributed by atoms with E-state index in [1.165, 1.54) is 15.6 Å². The summed E-state index contributed by atoms with van der Waals surface area (Å²) in [4.78, 5) is 1.09. The predicted molar refractivity (Wildman–Crippen MR) is 92.4 cm³/mol. The van der Waals surface area contributed by atoms with Crippen molar-refractivity contribution in [3.05, 3.63) is 39.0 Å². The van der Waals surface area contributed by atoms with Crippen LogP contribution in [0.15, 0.2) is 39.0 Å². The van der Waals surface area contributed by atoms with Crippen LogP contribution in [0, 0.1) is 6.92 Å². The molecule has 0 radical (unpaired) electrons. The number of nitrogen functional groups attached to an aromatic ring is 1. The summed E-state index contributed by atoms with van der Waals surface area (Å²) in [6.45, 7) is 4.14. The fourth-order valence-corrected chi connectivity index (χ4v) is 6.06. The van der Waals surface area contributed by atoms with Gasteiger partial charge in [-0.15, -0.1) is 11.3 Å². The highest BCUT2D eigenvalue weighted by Crippen LogP contribution is 2.35. The molecule has 0 spiro atoms. The van der Waals surface area contributed by atoms with E-state index in [0.717, 1.165) is 8.66 Å². The minimum absolute atomic E-state index is 0.330. The smallest absolute Gasteiger partial charge is 0.265 e. The Kier molecular flexibility index (Phi) is 4.95. The molecule has 0 saturated heterocycles. The summed E-state index contributed by atoms with van der Waals surface area (Å²) in [7, 11) is -3.61. The van der Waals surface area contributed by atoms with E-state index < -0.39 is 10.0 Å². The molecule has 0 aliphatic carbocycles. The Labute approximate surface area is 137 Å². The molecule has 0 aliphatic rings. The Bertz CT molecular complexity index is 741. The summed E-state index contributed by atoms with van der Waals surface area (Å²) in [5.41, 5.74) is 6.95. The normalized spacial score (nSPS) is 11.6. The van der Waals surface area contributed by atoms with Gasteiger partial charge in [0, 0.05) is 11.4 Å². The zero-order valence-electron chi connectivity index (χ0n) is 11.8. The SMILES string of the molecule is CCCN(c1ccccc1N)S(=O)(=O)c1cc(Br)sc1C. The number of anilines is 2. The van der Waals surface area contributed by atoms with E-state index in [1.54, 1.807) is 37.3 Å². The Balaban J connectivity index is 2.57. The molecule has 0 amide bonds. The van der Waals surface area contributed by atoms with E-state index in [0.29, 0.717) is 29.2 Å². The minimum Gasteiger partial charge on any atom is -0.397 e. The van der Waals surface area contributed by atoms with E-state index in [9.17, 15) is 8.42 Å². The van der Waals surface area contributed by atoms with Crippen LogP contribution in [0.1, 0.15) is 18.2 Å².